The third-order valence-corrected chi connectivity index (χ3v) is 1.47. The van der Waals surface area contributed by atoms with Crippen LogP contribution in [0.3, 0.4) is 0 Å². The molecular weight excluding hydrogens is 179 g/mol. The average molecular weight is 187 g/mol. The molecule has 0 saturated carbocycles. The van der Waals surface area contributed by atoms with E-state index in [1.807, 2.05) is 0 Å². The molecule has 0 atom stereocenters. The fourth-order valence-electron chi connectivity index (χ4n) is 0.861. The van der Waals surface area contributed by atoms with Gasteiger partial charge < -0.3 is 5.73 Å². The van der Waals surface area contributed by atoms with Gasteiger partial charge in [0.1, 0.15) is 5.82 Å². The number of hydrogen-bond donors (Lipinski definition) is 1. The van der Waals surface area contributed by atoms with Gasteiger partial charge in [-0.05, 0) is 6.07 Å². The van der Waals surface area contributed by atoms with Crippen molar-refractivity contribution in [3.63, 3.8) is 0 Å². The normalized spacial score (nSPS) is 11.1. The van der Waals surface area contributed by atoms with Crippen molar-refractivity contribution in [2.45, 2.75) is 0 Å². The van der Waals surface area contributed by atoms with E-state index in [9.17, 15) is 13.2 Å². The first-order chi connectivity index (χ1) is 6.15. The van der Waals surface area contributed by atoms with Gasteiger partial charge in [0.15, 0.2) is 11.6 Å². The van der Waals surface area contributed by atoms with Crippen LogP contribution in [0.4, 0.5) is 13.2 Å². The van der Waals surface area contributed by atoms with E-state index in [0.29, 0.717) is 6.07 Å². The van der Waals surface area contributed by atoms with Crippen molar-refractivity contribution in [1.82, 2.24) is 0 Å². The molecule has 2 N–H and O–H groups in total. The summed E-state index contributed by atoms with van der Waals surface area (Å²) < 4.78 is 37.9. The van der Waals surface area contributed by atoms with Gasteiger partial charge in [0.2, 0.25) is 0 Å². The number of hydrogen-bond acceptors (Lipinski definition) is 1. The molecule has 0 aliphatic carbocycles. The van der Waals surface area contributed by atoms with E-state index in [1.54, 1.807) is 0 Å². The molecule has 13 heavy (non-hydrogen) atoms. The van der Waals surface area contributed by atoms with Crippen molar-refractivity contribution in [2.75, 3.05) is 6.54 Å². The molecule has 0 amide bonds. The smallest absolute Gasteiger partial charge is 0.161 e. The highest BCUT2D eigenvalue weighted by Crippen LogP contribution is 2.14. The minimum Gasteiger partial charge on any atom is -0.327 e. The molecule has 0 unspecified atom stereocenters. The Kier molecular flexibility index (Phi) is 3.08. The second kappa shape index (κ2) is 4.09. The van der Waals surface area contributed by atoms with E-state index < -0.39 is 17.5 Å². The number of nitrogens with two attached hydrogens (primary N) is 1. The lowest BCUT2D eigenvalue weighted by Crippen LogP contribution is -1.94. The quantitative estimate of drug-likeness (QED) is 0.705. The molecule has 0 heterocycles. The molecule has 0 aliphatic heterocycles. The fraction of sp³-hybridized carbons (Fsp3) is 0.111. The summed E-state index contributed by atoms with van der Waals surface area (Å²) in [5, 5.41) is 0. The maximum Gasteiger partial charge on any atom is 0.161 e. The predicted octanol–water partition coefficient (Wildman–Crippen LogP) is 2.08. The van der Waals surface area contributed by atoms with Gasteiger partial charge >= 0.3 is 0 Å². The molecule has 1 aromatic rings. The Hall–Kier alpha value is -1.29. The van der Waals surface area contributed by atoms with Gasteiger partial charge in [0.25, 0.3) is 0 Å². The lowest BCUT2D eigenvalue weighted by atomic mass is 10.2. The van der Waals surface area contributed by atoms with Crippen molar-refractivity contribution in [3.05, 3.63) is 41.2 Å². The molecule has 0 fully saturated rings. The zero-order valence-electron chi connectivity index (χ0n) is 6.73. The maximum absolute atomic E-state index is 12.9. The van der Waals surface area contributed by atoms with E-state index in [4.69, 9.17) is 5.73 Å². The Morgan fingerprint density at radius 2 is 1.69 bits per heavy atom. The van der Waals surface area contributed by atoms with Crippen molar-refractivity contribution >= 4 is 6.08 Å². The number of benzene rings is 1. The second-order valence-corrected chi connectivity index (χ2v) is 2.43. The average Bonchev–Trinajstić information content (AvgIpc) is 2.09. The first-order valence-corrected chi connectivity index (χ1v) is 3.66. The largest absolute Gasteiger partial charge is 0.327 e. The number of halogens is 3. The first kappa shape index (κ1) is 9.80. The molecule has 0 aliphatic rings. The zero-order valence-corrected chi connectivity index (χ0v) is 6.73. The van der Waals surface area contributed by atoms with E-state index >= 15 is 0 Å². The Labute approximate surface area is 73.7 Å². The molecule has 0 saturated heterocycles. The highest BCUT2D eigenvalue weighted by Gasteiger charge is 2.06. The van der Waals surface area contributed by atoms with Gasteiger partial charge in [0.05, 0.1) is 0 Å². The summed E-state index contributed by atoms with van der Waals surface area (Å²) in [7, 11) is 0. The van der Waals surface area contributed by atoms with Crippen molar-refractivity contribution in [1.29, 1.82) is 0 Å². The molecule has 4 heteroatoms. The summed E-state index contributed by atoms with van der Waals surface area (Å²) in [4.78, 5) is 0. The van der Waals surface area contributed by atoms with Crippen LogP contribution in [-0.2, 0) is 0 Å². The molecule has 1 rings (SSSR count). The molecular formula is C9H8F3N. The summed E-state index contributed by atoms with van der Waals surface area (Å²) in [5.74, 6) is -3.07. The van der Waals surface area contributed by atoms with E-state index in [2.05, 4.69) is 0 Å². The second-order valence-electron chi connectivity index (χ2n) is 2.43. The SMILES string of the molecule is NCC=Cc1cc(F)c(F)cc1F. The lowest BCUT2D eigenvalue weighted by molar-refractivity contribution is 0.494. The van der Waals surface area contributed by atoms with Gasteiger partial charge in [-0.1, -0.05) is 12.2 Å². The summed E-state index contributed by atoms with van der Waals surface area (Å²) in [6, 6.07) is 1.29. The highest BCUT2D eigenvalue weighted by atomic mass is 19.2. The van der Waals surface area contributed by atoms with Crippen LogP contribution in [0.5, 0.6) is 0 Å². The lowest BCUT2D eigenvalue weighted by Gasteiger charge is -1.97. The summed E-state index contributed by atoms with van der Waals surface area (Å²) in [6.07, 6.45) is 2.76. The van der Waals surface area contributed by atoms with Crippen LogP contribution in [0, 0.1) is 17.5 Å². The molecule has 0 spiro atoms. The molecule has 0 aromatic heterocycles. The van der Waals surface area contributed by atoms with Crippen molar-refractivity contribution in [2.24, 2.45) is 5.73 Å². The van der Waals surface area contributed by atoms with Crippen molar-refractivity contribution < 1.29 is 13.2 Å². The van der Waals surface area contributed by atoms with Crippen LogP contribution in [0.15, 0.2) is 18.2 Å². The van der Waals surface area contributed by atoms with Crippen LogP contribution in [0.25, 0.3) is 6.08 Å². The summed E-state index contributed by atoms with van der Waals surface area (Å²) >= 11 is 0. The van der Waals surface area contributed by atoms with E-state index in [1.165, 1.54) is 12.2 Å². The van der Waals surface area contributed by atoms with Gasteiger partial charge in [-0.15, -0.1) is 0 Å². The van der Waals surface area contributed by atoms with Gasteiger partial charge in [-0.25, -0.2) is 13.2 Å². The Morgan fingerprint density at radius 1 is 1.08 bits per heavy atom. The van der Waals surface area contributed by atoms with Gasteiger partial charge in [0, 0.05) is 18.2 Å². The predicted molar refractivity (Wildman–Crippen MR) is 44.4 cm³/mol. The van der Waals surface area contributed by atoms with Crippen LogP contribution < -0.4 is 5.73 Å². The van der Waals surface area contributed by atoms with E-state index in [0.717, 1.165) is 6.07 Å². The summed E-state index contributed by atoms with van der Waals surface area (Å²) in [5.41, 5.74) is 5.11. The van der Waals surface area contributed by atoms with Gasteiger partial charge in [-0.2, -0.15) is 0 Å². The summed E-state index contributed by atoms with van der Waals surface area (Å²) in [6.45, 7) is 0.221. The standard InChI is InChI=1S/C9H8F3N/c10-7-5-9(12)8(11)4-6(7)2-1-3-13/h1-2,4-5H,3,13H2. The Morgan fingerprint density at radius 3 is 2.31 bits per heavy atom. The molecule has 0 bridgehead atoms. The third kappa shape index (κ3) is 2.32. The Bertz CT molecular complexity index is 334. The topological polar surface area (TPSA) is 26.0 Å². The maximum atomic E-state index is 12.9. The molecule has 1 nitrogen and oxygen atoms in total. The molecule has 1 aromatic carbocycles. The fourth-order valence-corrected chi connectivity index (χ4v) is 0.861. The van der Waals surface area contributed by atoms with Gasteiger partial charge in [-0.3, -0.25) is 0 Å². The minimum absolute atomic E-state index is 0.00986. The van der Waals surface area contributed by atoms with Crippen LogP contribution in [0.1, 0.15) is 5.56 Å². The third-order valence-electron chi connectivity index (χ3n) is 1.47. The highest BCUT2D eigenvalue weighted by molar-refractivity contribution is 5.50. The van der Waals surface area contributed by atoms with Crippen molar-refractivity contribution in [3.8, 4) is 0 Å². The first-order valence-electron chi connectivity index (χ1n) is 3.66. The molecule has 70 valence electrons. The van der Waals surface area contributed by atoms with Crippen LogP contribution in [0.2, 0.25) is 0 Å². The molecule has 0 radical (unpaired) electrons. The van der Waals surface area contributed by atoms with Crippen LogP contribution >= 0.6 is 0 Å². The Balaban J connectivity index is 3.08. The minimum atomic E-state index is -1.19. The zero-order chi connectivity index (χ0) is 9.84. The number of rotatable bonds is 2. The monoisotopic (exact) mass is 187 g/mol. The van der Waals surface area contributed by atoms with Crippen LogP contribution in [-0.4, -0.2) is 6.54 Å². The van der Waals surface area contributed by atoms with E-state index in [-0.39, 0.29) is 12.1 Å².